The molecular formula is C11H11BrN2O3. The summed E-state index contributed by atoms with van der Waals surface area (Å²) in [6, 6.07) is 5.03. The van der Waals surface area contributed by atoms with Gasteiger partial charge in [-0.1, -0.05) is 22.9 Å². The van der Waals surface area contributed by atoms with Gasteiger partial charge in [0.2, 0.25) is 5.75 Å². The van der Waals surface area contributed by atoms with Crippen LogP contribution >= 0.6 is 15.9 Å². The predicted octanol–water partition coefficient (Wildman–Crippen LogP) is 3.35. The van der Waals surface area contributed by atoms with Crippen molar-refractivity contribution in [2.75, 3.05) is 0 Å². The zero-order valence-electron chi connectivity index (χ0n) is 9.44. The number of aryl methyl sites for hydroxylation is 1. The van der Waals surface area contributed by atoms with E-state index in [2.05, 4.69) is 15.9 Å². The van der Waals surface area contributed by atoms with Gasteiger partial charge in [0.05, 0.1) is 4.92 Å². The van der Waals surface area contributed by atoms with Crippen LogP contribution in [0.25, 0.3) is 0 Å². The molecule has 1 rings (SSSR count). The Labute approximate surface area is 107 Å². The Morgan fingerprint density at radius 1 is 1.65 bits per heavy atom. The topological polar surface area (TPSA) is 76.2 Å². The molecule has 17 heavy (non-hydrogen) atoms. The molecule has 0 amide bonds. The summed E-state index contributed by atoms with van der Waals surface area (Å²) in [5.74, 6) is 0.159. The van der Waals surface area contributed by atoms with E-state index in [4.69, 9.17) is 10.00 Å². The van der Waals surface area contributed by atoms with E-state index in [1.807, 2.05) is 6.07 Å². The largest absolute Gasteiger partial charge is 0.468 e. The molecule has 1 unspecified atom stereocenters. The predicted molar refractivity (Wildman–Crippen MR) is 65.9 cm³/mol. The minimum absolute atomic E-state index is 0.134. The van der Waals surface area contributed by atoms with Gasteiger partial charge in [0.25, 0.3) is 0 Å². The Morgan fingerprint density at radius 3 is 2.76 bits per heavy atom. The highest BCUT2D eigenvalue weighted by molar-refractivity contribution is 9.10. The zero-order valence-corrected chi connectivity index (χ0v) is 11.0. The van der Waals surface area contributed by atoms with Crippen molar-refractivity contribution in [3.05, 3.63) is 32.3 Å². The van der Waals surface area contributed by atoms with Crippen molar-refractivity contribution in [2.24, 2.45) is 0 Å². The van der Waals surface area contributed by atoms with Gasteiger partial charge in [0, 0.05) is 10.5 Å². The number of halogens is 1. The van der Waals surface area contributed by atoms with E-state index in [9.17, 15) is 10.1 Å². The maximum absolute atomic E-state index is 10.9. The van der Waals surface area contributed by atoms with Crippen molar-refractivity contribution in [3.63, 3.8) is 0 Å². The highest BCUT2D eigenvalue weighted by Gasteiger charge is 2.21. The molecule has 0 spiro atoms. The first-order chi connectivity index (χ1) is 7.99. The molecule has 6 heteroatoms. The van der Waals surface area contributed by atoms with Crippen LogP contribution in [0, 0.1) is 28.4 Å². The molecule has 0 aliphatic rings. The SMILES string of the molecule is CCC(C#N)Oc1c(C)cc(Br)cc1[N+](=O)[O-]. The van der Waals surface area contributed by atoms with Crippen molar-refractivity contribution in [1.29, 1.82) is 5.26 Å². The highest BCUT2D eigenvalue weighted by atomic mass is 79.9. The Bertz CT molecular complexity index is 482. The summed E-state index contributed by atoms with van der Waals surface area (Å²) >= 11 is 3.19. The van der Waals surface area contributed by atoms with Crippen LogP contribution in [0.3, 0.4) is 0 Å². The van der Waals surface area contributed by atoms with Crippen molar-refractivity contribution in [2.45, 2.75) is 26.4 Å². The van der Waals surface area contributed by atoms with Crippen molar-refractivity contribution >= 4 is 21.6 Å². The Kier molecular flexibility index (Phi) is 4.46. The first-order valence-corrected chi connectivity index (χ1v) is 5.79. The lowest BCUT2D eigenvalue weighted by Gasteiger charge is -2.13. The molecule has 0 aliphatic heterocycles. The number of hydrogen-bond donors (Lipinski definition) is 0. The summed E-state index contributed by atoms with van der Waals surface area (Å²) in [5, 5.41) is 19.7. The number of ether oxygens (including phenoxy) is 1. The van der Waals surface area contributed by atoms with Crippen molar-refractivity contribution in [1.82, 2.24) is 0 Å². The molecule has 0 saturated heterocycles. The fourth-order valence-corrected chi connectivity index (χ4v) is 1.90. The number of hydrogen-bond acceptors (Lipinski definition) is 4. The Morgan fingerprint density at radius 2 is 2.29 bits per heavy atom. The van der Waals surface area contributed by atoms with E-state index in [0.717, 1.165) is 0 Å². The molecule has 0 radical (unpaired) electrons. The Balaban J connectivity index is 3.22. The van der Waals surface area contributed by atoms with Crippen LogP contribution in [0.15, 0.2) is 16.6 Å². The van der Waals surface area contributed by atoms with E-state index >= 15 is 0 Å². The minimum atomic E-state index is -0.673. The summed E-state index contributed by atoms with van der Waals surface area (Å²) < 4.78 is 5.98. The first-order valence-electron chi connectivity index (χ1n) is 5.00. The smallest absolute Gasteiger partial charge is 0.312 e. The Hall–Kier alpha value is -1.61. The monoisotopic (exact) mass is 298 g/mol. The molecule has 5 nitrogen and oxygen atoms in total. The second-order valence-corrected chi connectivity index (χ2v) is 4.39. The number of nitrogens with zero attached hydrogens (tertiary/aromatic N) is 2. The van der Waals surface area contributed by atoms with Crippen LogP contribution in [-0.4, -0.2) is 11.0 Å². The number of benzene rings is 1. The third-order valence-corrected chi connectivity index (χ3v) is 2.65. The molecule has 0 aliphatic carbocycles. The lowest BCUT2D eigenvalue weighted by atomic mass is 10.2. The van der Waals surface area contributed by atoms with Gasteiger partial charge in [-0.15, -0.1) is 0 Å². The molecule has 0 aromatic heterocycles. The van der Waals surface area contributed by atoms with Gasteiger partial charge in [-0.2, -0.15) is 5.26 Å². The van der Waals surface area contributed by atoms with E-state index in [1.165, 1.54) is 6.07 Å². The fraction of sp³-hybridized carbons (Fsp3) is 0.364. The molecule has 0 N–H and O–H groups in total. The summed E-state index contributed by atoms with van der Waals surface area (Å²) in [6.07, 6.45) is -0.197. The van der Waals surface area contributed by atoms with Gasteiger partial charge in [-0.05, 0) is 25.0 Å². The second-order valence-electron chi connectivity index (χ2n) is 3.47. The van der Waals surface area contributed by atoms with E-state index in [0.29, 0.717) is 16.5 Å². The molecule has 1 aromatic carbocycles. The van der Waals surface area contributed by atoms with Gasteiger partial charge in [-0.25, -0.2) is 0 Å². The molecule has 0 heterocycles. The van der Waals surface area contributed by atoms with E-state index in [1.54, 1.807) is 19.9 Å². The van der Waals surface area contributed by atoms with Crippen molar-refractivity contribution in [3.8, 4) is 11.8 Å². The molecule has 90 valence electrons. The molecule has 1 aromatic rings. The minimum Gasteiger partial charge on any atom is -0.468 e. The number of nitro groups is 1. The van der Waals surface area contributed by atoms with Gasteiger partial charge in [-0.3, -0.25) is 10.1 Å². The molecular weight excluding hydrogens is 288 g/mol. The third kappa shape index (κ3) is 3.17. The second kappa shape index (κ2) is 5.64. The van der Waals surface area contributed by atoms with Crippen LogP contribution < -0.4 is 4.74 Å². The quantitative estimate of drug-likeness (QED) is 0.631. The lowest BCUT2D eigenvalue weighted by Crippen LogP contribution is -2.14. The van der Waals surface area contributed by atoms with Crippen LogP contribution in [0.1, 0.15) is 18.9 Å². The van der Waals surface area contributed by atoms with Crippen LogP contribution in [0.2, 0.25) is 0 Å². The van der Waals surface area contributed by atoms with Crippen molar-refractivity contribution < 1.29 is 9.66 Å². The number of nitro benzene ring substituents is 1. The zero-order chi connectivity index (χ0) is 13.0. The highest BCUT2D eigenvalue weighted by Crippen LogP contribution is 2.34. The molecule has 1 atom stereocenters. The van der Waals surface area contributed by atoms with Crippen LogP contribution in [0.4, 0.5) is 5.69 Å². The summed E-state index contributed by atoms with van der Waals surface area (Å²) in [6.45, 7) is 3.49. The summed E-state index contributed by atoms with van der Waals surface area (Å²) in [4.78, 5) is 10.4. The lowest BCUT2D eigenvalue weighted by molar-refractivity contribution is -0.386. The third-order valence-electron chi connectivity index (χ3n) is 2.19. The van der Waals surface area contributed by atoms with Gasteiger partial charge < -0.3 is 4.74 Å². The maximum Gasteiger partial charge on any atom is 0.312 e. The van der Waals surface area contributed by atoms with E-state index in [-0.39, 0.29) is 11.4 Å². The molecule has 0 saturated carbocycles. The number of nitriles is 1. The maximum atomic E-state index is 10.9. The van der Waals surface area contributed by atoms with Crippen LogP contribution in [-0.2, 0) is 0 Å². The van der Waals surface area contributed by atoms with Gasteiger partial charge in [0.15, 0.2) is 6.10 Å². The average Bonchev–Trinajstić information content (AvgIpc) is 2.27. The van der Waals surface area contributed by atoms with Gasteiger partial charge >= 0.3 is 5.69 Å². The fourth-order valence-electron chi connectivity index (χ4n) is 1.34. The first kappa shape index (κ1) is 13.5. The number of rotatable bonds is 4. The summed E-state index contributed by atoms with van der Waals surface area (Å²) in [7, 11) is 0. The van der Waals surface area contributed by atoms with Gasteiger partial charge in [0.1, 0.15) is 6.07 Å². The normalized spacial score (nSPS) is 11.6. The summed E-state index contributed by atoms with van der Waals surface area (Å²) in [5.41, 5.74) is 0.491. The molecule has 0 bridgehead atoms. The molecule has 0 fully saturated rings. The standard InChI is InChI=1S/C11H11BrN2O3/c1-3-9(6-13)17-11-7(2)4-8(12)5-10(11)14(15)16/h4-5,9H,3H2,1-2H3. The van der Waals surface area contributed by atoms with E-state index < -0.39 is 11.0 Å². The van der Waals surface area contributed by atoms with Crippen LogP contribution in [0.5, 0.6) is 5.75 Å². The average molecular weight is 299 g/mol.